The molecule has 2 heterocycles. The number of aromatic nitrogens is 3. The molecule has 0 spiro atoms. The van der Waals surface area contributed by atoms with Crippen molar-refractivity contribution in [2.75, 3.05) is 37.8 Å². The first-order chi connectivity index (χ1) is 13.1. The van der Waals surface area contributed by atoms with Crippen molar-refractivity contribution in [1.82, 2.24) is 19.9 Å². The van der Waals surface area contributed by atoms with Gasteiger partial charge in [0.25, 0.3) is 0 Å². The number of nitrogens with one attached hydrogen (secondary N) is 2. The molecule has 0 aliphatic carbocycles. The predicted octanol–water partition coefficient (Wildman–Crippen LogP) is 3.43. The summed E-state index contributed by atoms with van der Waals surface area (Å²) in [5.41, 5.74) is 4.09. The van der Waals surface area contributed by atoms with Crippen molar-refractivity contribution in [1.29, 1.82) is 0 Å². The van der Waals surface area contributed by atoms with Crippen LogP contribution in [0, 0.1) is 6.92 Å². The Hall–Kier alpha value is -2.99. The molecule has 0 amide bonds. The average molecular weight is 362 g/mol. The van der Waals surface area contributed by atoms with Crippen LogP contribution in [-0.4, -0.2) is 47.0 Å². The number of hydrogen-bond donors (Lipinski definition) is 2. The van der Waals surface area contributed by atoms with Gasteiger partial charge in [-0.15, -0.1) is 0 Å². The van der Waals surface area contributed by atoms with Gasteiger partial charge in [-0.3, -0.25) is 4.98 Å². The summed E-state index contributed by atoms with van der Waals surface area (Å²) in [6.07, 6.45) is 1.77. The number of likely N-dealkylation sites (N-methyl/N-ethyl adjacent to an activating group) is 1. The lowest BCUT2D eigenvalue weighted by atomic mass is 10.1. The van der Waals surface area contributed by atoms with Crippen LogP contribution < -0.4 is 10.6 Å². The second-order valence-electron chi connectivity index (χ2n) is 6.75. The molecule has 3 rings (SSSR count). The molecular formula is C21H26N6. The van der Waals surface area contributed by atoms with Crippen LogP contribution in [0.4, 0.5) is 11.8 Å². The van der Waals surface area contributed by atoms with Crippen molar-refractivity contribution in [3.63, 3.8) is 0 Å². The van der Waals surface area contributed by atoms with Gasteiger partial charge in [-0.25, -0.2) is 4.98 Å². The molecule has 27 heavy (non-hydrogen) atoms. The van der Waals surface area contributed by atoms with Gasteiger partial charge in [0.15, 0.2) is 0 Å². The van der Waals surface area contributed by atoms with E-state index in [1.165, 1.54) is 11.1 Å². The van der Waals surface area contributed by atoms with E-state index in [0.29, 0.717) is 12.5 Å². The number of anilines is 2. The first kappa shape index (κ1) is 18.8. The molecule has 3 aromatic rings. The minimum atomic E-state index is 0.603. The van der Waals surface area contributed by atoms with Crippen molar-refractivity contribution in [3.05, 3.63) is 65.9 Å². The van der Waals surface area contributed by atoms with Gasteiger partial charge < -0.3 is 15.5 Å². The second kappa shape index (κ2) is 9.09. The van der Waals surface area contributed by atoms with Gasteiger partial charge in [0, 0.05) is 31.9 Å². The van der Waals surface area contributed by atoms with Crippen LogP contribution in [0.3, 0.4) is 0 Å². The maximum atomic E-state index is 4.63. The third-order valence-electron chi connectivity index (χ3n) is 4.05. The lowest BCUT2D eigenvalue weighted by Gasteiger charge is -2.13. The zero-order chi connectivity index (χ0) is 19.1. The zero-order valence-corrected chi connectivity index (χ0v) is 16.1. The van der Waals surface area contributed by atoms with E-state index in [1.54, 1.807) is 6.20 Å². The van der Waals surface area contributed by atoms with E-state index in [4.69, 9.17) is 0 Å². The Kier molecular flexibility index (Phi) is 6.33. The quantitative estimate of drug-likeness (QED) is 0.640. The summed E-state index contributed by atoms with van der Waals surface area (Å²) < 4.78 is 0. The minimum absolute atomic E-state index is 0.603. The third kappa shape index (κ3) is 5.76. The molecule has 0 saturated heterocycles. The van der Waals surface area contributed by atoms with Crippen molar-refractivity contribution in [3.8, 4) is 11.4 Å². The molecule has 0 radical (unpaired) electrons. The largest absolute Gasteiger partial charge is 0.366 e. The molecule has 1 aromatic carbocycles. The van der Waals surface area contributed by atoms with Crippen LogP contribution in [0.2, 0.25) is 0 Å². The highest BCUT2D eigenvalue weighted by Gasteiger charge is 2.08. The first-order valence-corrected chi connectivity index (χ1v) is 9.08. The van der Waals surface area contributed by atoms with Crippen LogP contribution in [0.25, 0.3) is 11.4 Å². The van der Waals surface area contributed by atoms with E-state index in [-0.39, 0.29) is 0 Å². The van der Waals surface area contributed by atoms with Crippen molar-refractivity contribution >= 4 is 11.8 Å². The van der Waals surface area contributed by atoms with Crippen LogP contribution in [0.5, 0.6) is 0 Å². The molecule has 2 N–H and O–H groups in total. The van der Waals surface area contributed by atoms with Crippen LogP contribution in [-0.2, 0) is 6.54 Å². The fraction of sp³-hybridized carbons (Fsp3) is 0.286. The molecule has 0 aliphatic rings. The Bertz CT molecular complexity index is 864. The van der Waals surface area contributed by atoms with Gasteiger partial charge in [-0.05, 0) is 38.7 Å². The Labute approximate surface area is 160 Å². The van der Waals surface area contributed by atoms with Gasteiger partial charge in [0.05, 0.1) is 11.4 Å². The highest BCUT2D eigenvalue weighted by molar-refractivity contribution is 5.61. The first-order valence-electron chi connectivity index (χ1n) is 9.08. The third-order valence-corrected chi connectivity index (χ3v) is 4.05. The van der Waals surface area contributed by atoms with E-state index >= 15 is 0 Å². The van der Waals surface area contributed by atoms with Crippen LogP contribution in [0.1, 0.15) is 11.1 Å². The average Bonchev–Trinajstić information content (AvgIpc) is 2.67. The normalized spacial score (nSPS) is 10.8. The van der Waals surface area contributed by atoms with Gasteiger partial charge in [0.2, 0.25) is 5.95 Å². The molecule has 0 saturated carbocycles. The molecule has 0 bridgehead atoms. The van der Waals surface area contributed by atoms with E-state index in [1.807, 2.05) is 38.4 Å². The lowest BCUT2D eigenvalue weighted by molar-refractivity contribution is 0.425. The summed E-state index contributed by atoms with van der Waals surface area (Å²) >= 11 is 0. The van der Waals surface area contributed by atoms with Gasteiger partial charge in [0.1, 0.15) is 5.82 Å². The lowest BCUT2D eigenvalue weighted by Crippen LogP contribution is -2.21. The molecule has 6 nitrogen and oxygen atoms in total. The fourth-order valence-electron chi connectivity index (χ4n) is 2.67. The molecule has 140 valence electrons. The molecule has 6 heteroatoms. The highest BCUT2D eigenvalue weighted by atomic mass is 15.2. The van der Waals surface area contributed by atoms with Crippen LogP contribution in [0.15, 0.2) is 54.7 Å². The molecule has 0 fully saturated rings. The summed E-state index contributed by atoms with van der Waals surface area (Å²) in [5.74, 6) is 1.38. The zero-order valence-electron chi connectivity index (χ0n) is 16.1. The van der Waals surface area contributed by atoms with Gasteiger partial charge >= 0.3 is 0 Å². The fourth-order valence-corrected chi connectivity index (χ4v) is 2.67. The summed E-state index contributed by atoms with van der Waals surface area (Å²) in [6.45, 7) is 4.48. The minimum Gasteiger partial charge on any atom is -0.366 e. The Morgan fingerprint density at radius 1 is 0.926 bits per heavy atom. The Balaban J connectivity index is 1.80. The highest BCUT2D eigenvalue weighted by Crippen LogP contribution is 2.20. The molecule has 0 aliphatic heterocycles. The molecule has 0 unspecified atom stereocenters. The van der Waals surface area contributed by atoms with Gasteiger partial charge in [-0.2, -0.15) is 4.98 Å². The molecular weight excluding hydrogens is 336 g/mol. The number of aryl methyl sites for hydroxylation is 1. The topological polar surface area (TPSA) is 66.0 Å². The number of benzene rings is 1. The second-order valence-corrected chi connectivity index (χ2v) is 6.75. The summed E-state index contributed by atoms with van der Waals surface area (Å²) in [4.78, 5) is 15.8. The smallest absolute Gasteiger partial charge is 0.225 e. The van der Waals surface area contributed by atoms with Crippen molar-refractivity contribution < 1.29 is 0 Å². The number of hydrogen-bond acceptors (Lipinski definition) is 6. The number of nitrogens with zero attached hydrogens (tertiary/aromatic N) is 4. The van der Waals surface area contributed by atoms with Crippen molar-refractivity contribution in [2.24, 2.45) is 0 Å². The van der Waals surface area contributed by atoms with E-state index in [0.717, 1.165) is 30.3 Å². The summed E-state index contributed by atoms with van der Waals surface area (Å²) in [6, 6.07) is 16.2. The maximum absolute atomic E-state index is 4.63. The Morgan fingerprint density at radius 3 is 2.56 bits per heavy atom. The van der Waals surface area contributed by atoms with E-state index in [9.17, 15) is 0 Å². The maximum Gasteiger partial charge on any atom is 0.225 e. The van der Waals surface area contributed by atoms with Crippen molar-refractivity contribution in [2.45, 2.75) is 13.5 Å². The Morgan fingerprint density at radius 2 is 1.81 bits per heavy atom. The predicted molar refractivity (Wildman–Crippen MR) is 111 cm³/mol. The standard InChI is InChI=1S/C21H26N6/c1-16-7-6-8-17(13-16)15-24-20-14-19(18-9-4-5-10-22-18)25-21(26-20)23-11-12-27(2)3/h4-10,13-14H,11-12,15H2,1-3H3,(H2,23,24,25,26). The number of pyridine rings is 1. The molecule has 2 aromatic heterocycles. The van der Waals surface area contributed by atoms with E-state index in [2.05, 4.69) is 61.7 Å². The summed E-state index contributed by atoms with van der Waals surface area (Å²) in [7, 11) is 4.09. The van der Waals surface area contributed by atoms with Gasteiger partial charge in [-0.1, -0.05) is 35.9 Å². The van der Waals surface area contributed by atoms with Crippen LogP contribution >= 0.6 is 0 Å². The SMILES string of the molecule is Cc1cccc(CNc2cc(-c3ccccn3)nc(NCCN(C)C)n2)c1. The monoisotopic (exact) mass is 362 g/mol. The number of rotatable bonds is 8. The summed E-state index contributed by atoms with van der Waals surface area (Å²) in [5, 5.41) is 6.71. The van der Waals surface area contributed by atoms with E-state index < -0.39 is 0 Å². The molecule has 0 atom stereocenters.